The van der Waals surface area contributed by atoms with Crippen LogP contribution in [0.4, 0.5) is 36.4 Å². The van der Waals surface area contributed by atoms with Gasteiger partial charge in [0, 0.05) is 26.2 Å². The minimum absolute atomic E-state index is 0.0826. The predicted molar refractivity (Wildman–Crippen MR) is 147 cm³/mol. The lowest BCUT2D eigenvalue weighted by Gasteiger charge is -2.27. The van der Waals surface area contributed by atoms with Crippen molar-refractivity contribution in [2.24, 2.45) is 0 Å². The Hall–Kier alpha value is -3.75. The van der Waals surface area contributed by atoms with Crippen molar-refractivity contribution < 1.29 is 27.4 Å². The molecule has 0 aromatic carbocycles. The van der Waals surface area contributed by atoms with E-state index in [-0.39, 0.29) is 31.3 Å². The van der Waals surface area contributed by atoms with E-state index in [2.05, 4.69) is 20.3 Å². The summed E-state index contributed by atoms with van der Waals surface area (Å²) in [5.74, 6) is 1.45. The van der Waals surface area contributed by atoms with E-state index in [9.17, 15) is 18.0 Å². The highest BCUT2D eigenvalue weighted by Gasteiger charge is 2.56. The molecule has 5 heterocycles. The molecule has 6 rings (SSSR count). The summed E-state index contributed by atoms with van der Waals surface area (Å²) in [6.07, 6.45) is 2.07. The number of hydrogen-bond donors (Lipinski definition) is 2. The highest BCUT2D eigenvalue weighted by atomic mass is 19.4. The van der Waals surface area contributed by atoms with Gasteiger partial charge >= 0.3 is 6.18 Å². The van der Waals surface area contributed by atoms with E-state index in [4.69, 9.17) is 19.9 Å². The van der Waals surface area contributed by atoms with E-state index in [0.29, 0.717) is 80.9 Å². The monoisotopic (exact) mass is 589 g/mol. The van der Waals surface area contributed by atoms with Crippen LogP contribution in [0.25, 0.3) is 0 Å². The summed E-state index contributed by atoms with van der Waals surface area (Å²) < 4.78 is 51.3. The number of ether oxygens (including phenoxy) is 2. The molecule has 3 aliphatic heterocycles. The number of hydrogen-bond acceptors (Lipinski definition) is 10. The van der Waals surface area contributed by atoms with Crippen molar-refractivity contribution in [1.29, 1.82) is 5.41 Å². The zero-order valence-corrected chi connectivity index (χ0v) is 23.4. The van der Waals surface area contributed by atoms with Crippen molar-refractivity contribution in [3.8, 4) is 0 Å². The van der Waals surface area contributed by atoms with Gasteiger partial charge < -0.3 is 24.6 Å². The molecule has 15 heteroatoms. The van der Waals surface area contributed by atoms with E-state index in [1.165, 1.54) is 4.90 Å². The first-order valence-corrected chi connectivity index (χ1v) is 14.4. The van der Waals surface area contributed by atoms with Gasteiger partial charge in [-0.3, -0.25) is 15.1 Å². The summed E-state index contributed by atoms with van der Waals surface area (Å²) in [6.45, 7) is 4.73. The van der Waals surface area contributed by atoms with Crippen molar-refractivity contribution in [2.75, 3.05) is 54.5 Å². The Morgan fingerprint density at radius 1 is 1.14 bits per heavy atom. The van der Waals surface area contributed by atoms with Crippen LogP contribution in [0.15, 0.2) is 12.4 Å². The van der Waals surface area contributed by atoms with E-state index in [1.807, 2.05) is 11.8 Å². The Balaban J connectivity index is 1.32. The third kappa shape index (κ3) is 4.96. The minimum atomic E-state index is -4.45. The van der Waals surface area contributed by atoms with Crippen molar-refractivity contribution >= 4 is 35.2 Å². The molecule has 12 nitrogen and oxygen atoms in total. The first kappa shape index (κ1) is 28.4. The molecule has 2 N–H and O–H groups in total. The minimum Gasteiger partial charge on any atom is -0.457 e. The summed E-state index contributed by atoms with van der Waals surface area (Å²) in [4.78, 5) is 37.1. The zero-order chi connectivity index (χ0) is 29.5. The van der Waals surface area contributed by atoms with Crippen LogP contribution >= 0.6 is 0 Å². The molecule has 4 aliphatic rings. The molecule has 2 aromatic rings. The number of alkyl halides is 3. The van der Waals surface area contributed by atoms with Gasteiger partial charge in [-0.05, 0) is 32.6 Å². The number of carbonyl (C=O) groups excluding carboxylic acids is 1. The highest BCUT2D eigenvalue weighted by molar-refractivity contribution is 6.13. The Kier molecular flexibility index (Phi) is 7.53. The summed E-state index contributed by atoms with van der Waals surface area (Å²) in [6, 6.07) is -2.32. The van der Waals surface area contributed by atoms with Crippen LogP contribution in [0, 0.1) is 5.41 Å². The SMILES string of the molecule is CCNc1nc(COC(=N)N2CCC[C@@H]2C(F)(F)F)nc2c1C1(CCCC1)C(=O)N2c1cnc(N2CCOCC2)nc1. The second-order valence-corrected chi connectivity index (χ2v) is 11.0. The van der Waals surface area contributed by atoms with Gasteiger partial charge in [0.15, 0.2) is 12.4 Å². The van der Waals surface area contributed by atoms with Gasteiger partial charge in [-0.15, -0.1) is 0 Å². The average molecular weight is 590 g/mol. The summed E-state index contributed by atoms with van der Waals surface area (Å²) in [5, 5.41) is 11.5. The quantitative estimate of drug-likeness (QED) is 0.381. The van der Waals surface area contributed by atoms with Crippen LogP contribution in [-0.4, -0.2) is 88.4 Å². The fraction of sp³-hybridized carbons (Fsp3) is 0.630. The standard InChI is InChI=1S/C27H34F3N9O3/c1-2-32-21-20-22(36-19(35-21)16-42-24(31)38-9-5-6-18(38)27(28,29)30)39(23(40)26(20)7-3-4-8-26)17-14-33-25(34-15-17)37-10-12-41-13-11-37/h14-15,18,31H,2-13,16H2,1H3,(H,32,35,36)/t18-/m1/s1. The Morgan fingerprint density at radius 3 is 2.52 bits per heavy atom. The zero-order valence-electron chi connectivity index (χ0n) is 23.4. The Morgan fingerprint density at radius 2 is 1.86 bits per heavy atom. The van der Waals surface area contributed by atoms with Gasteiger partial charge in [0.2, 0.25) is 11.9 Å². The largest absolute Gasteiger partial charge is 0.457 e. The van der Waals surface area contributed by atoms with Crippen molar-refractivity contribution in [2.45, 2.75) is 69.7 Å². The van der Waals surface area contributed by atoms with E-state index >= 15 is 0 Å². The normalized spacial score (nSPS) is 21.8. The number of rotatable bonds is 6. The third-order valence-electron chi connectivity index (χ3n) is 8.45. The molecular weight excluding hydrogens is 555 g/mol. The molecule has 2 aromatic heterocycles. The maximum Gasteiger partial charge on any atom is 0.408 e. The number of likely N-dealkylation sites (tertiary alicyclic amines) is 1. The number of amides is 1. The van der Waals surface area contributed by atoms with Gasteiger partial charge in [-0.25, -0.2) is 19.9 Å². The fourth-order valence-electron chi connectivity index (χ4n) is 6.48. The van der Waals surface area contributed by atoms with Gasteiger partial charge in [0.05, 0.1) is 42.3 Å². The van der Waals surface area contributed by atoms with Crippen molar-refractivity contribution in [3.05, 3.63) is 23.8 Å². The molecule has 1 saturated carbocycles. The highest BCUT2D eigenvalue weighted by Crippen LogP contribution is 2.54. The van der Waals surface area contributed by atoms with E-state index in [0.717, 1.165) is 17.7 Å². The second-order valence-electron chi connectivity index (χ2n) is 11.0. The molecule has 1 aliphatic carbocycles. The number of anilines is 4. The van der Waals surface area contributed by atoms with Crippen LogP contribution in [0.3, 0.4) is 0 Å². The first-order chi connectivity index (χ1) is 20.2. The summed E-state index contributed by atoms with van der Waals surface area (Å²) >= 11 is 0. The molecule has 226 valence electrons. The van der Waals surface area contributed by atoms with Gasteiger partial charge in [0.1, 0.15) is 17.7 Å². The maximum absolute atomic E-state index is 14.2. The second kappa shape index (κ2) is 11.2. The number of halogens is 3. The Bertz CT molecular complexity index is 1330. The first-order valence-electron chi connectivity index (χ1n) is 14.4. The van der Waals surface area contributed by atoms with E-state index < -0.39 is 23.7 Å². The van der Waals surface area contributed by atoms with Gasteiger partial charge in [-0.1, -0.05) is 12.8 Å². The number of fused-ring (bicyclic) bond motifs is 2. The lowest BCUT2D eigenvalue weighted by molar-refractivity contribution is -0.169. The number of nitrogens with one attached hydrogen (secondary N) is 2. The number of nitrogens with zero attached hydrogens (tertiary/aromatic N) is 7. The van der Waals surface area contributed by atoms with Crippen LogP contribution < -0.4 is 15.1 Å². The van der Waals surface area contributed by atoms with Crippen molar-refractivity contribution in [1.82, 2.24) is 24.8 Å². The molecule has 1 atom stereocenters. The van der Waals surface area contributed by atoms with Crippen LogP contribution in [-0.2, 0) is 26.3 Å². The number of morpholine rings is 1. The molecule has 2 saturated heterocycles. The van der Waals surface area contributed by atoms with Gasteiger partial charge in [0.25, 0.3) is 6.02 Å². The smallest absolute Gasteiger partial charge is 0.408 e. The van der Waals surface area contributed by atoms with Gasteiger partial charge in [-0.2, -0.15) is 13.2 Å². The Labute approximate surface area is 241 Å². The predicted octanol–water partition coefficient (Wildman–Crippen LogP) is 3.50. The molecule has 1 amide bonds. The maximum atomic E-state index is 14.2. The topological polar surface area (TPSA) is 133 Å². The lowest BCUT2D eigenvalue weighted by Crippen LogP contribution is -2.45. The van der Waals surface area contributed by atoms with Crippen molar-refractivity contribution in [3.63, 3.8) is 0 Å². The molecule has 0 radical (unpaired) electrons. The molecule has 0 unspecified atom stereocenters. The molecule has 42 heavy (non-hydrogen) atoms. The lowest BCUT2D eigenvalue weighted by atomic mass is 9.80. The molecule has 0 bridgehead atoms. The van der Waals surface area contributed by atoms with E-state index in [1.54, 1.807) is 12.4 Å². The van der Waals surface area contributed by atoms with Crippen LogP contribution in [0.1, 0.15) is 56.8 Å². The van der Waals surface area contributed by atoms with Crippen LogP contribution in [0.5, 0.6) is 0 Å². The molecule has 1 spiro atoms. The summed E-state index contributed by atoms with van der Waals surface area (Å²) in [5.41, 5.74) is 0.379. The molecular formula is C27H34F3N9O3. The number of amidine groups is 1. The number of carbonyl (C=O) groups is 1. The fourth-order valence-corrected chi connectivity index (χ4v) is 6.48. The average Bonchev–Trinajstić information content (AvgIpc) is 3.73. The number of aromatic nitrogens is 4. The third-order valence-corrected chi connectivity index (χ3v) is 8.45. The summed E-state index contributed by atoms with van der Waals surface area (Å²) in [7, 11) is 0. The van der Waals surface area contributed by atoms with Crippen LogP contribution in [0.2, 0.25) is 0 Å². The molecule has 3 fully saturated rings.